The van der Waals surface area contributed by atoms with Crippen LogP contribution in [0.1, 0.15) is 31.7 Å². The van der Waals surface area contributed by atoms with Crippen molar-refractivity contribution in [2.24, 2.45) is 11.8 Å². The van der Waals surface area contributed by atoms with Gasteiger partial charge in [-0.15, -0.1) is 0 Å². The van der Waals surface area contributed by atoms with E-state index < -0.39 is 5.92 Å². The molecule has 6 nitrogen and oxygen atoms in total. The molecule has 6 heteroatoms. The summed E-state index contributed by atoms with van der Waals surface area (Å²) in [6, 6.07) is 9.52. The van der Waals surface area contributed by atoms with Gasteiger partial charge in [0.05, 0.1) is 12.5 Å². The quantitative estimate of drug-likeness (QED) is 0.560. The van der Waals surface area contributed by atoms with Crippen molar-refractivity contribution >= 4 is 18.3 Å². The fraction of sp³-hybridized carbons (Fsp3) is 0.526. The van der Waals surface area contributed by atoms with Gasteiger partial charge in [-0.2, -0.15) is 0 Å². The summed E-state index contributed by atoms with van der Waals surface area (Å²) in [6.45, 7) is 3.34. The zero-order valence-electron chi connectivity index (χ0n) is 14.6. The topological polar surface area (TPSA) is 72.9 Å². The molecule has 1 aliphatic rings. The number of aldehydes is 1. The van der Waals surface area contributed by atoms with Crippen LogP contribution < -0.4 is 0 Å². The number of piperidine rings is 1. The molecule has 1 aliphatic heterocycles. The normalized spacial score (nSPS) is 16.1. The van der Waals surface area contributed by atoms with E-state index in [1.165, 1.54) is 0 Å². The van der Waals surface area contributed by atoms with Crippen molar-refractivity contribution in [1.82, 2.24) is 4.90 Å². The summed E-state index contributed by atoms with van der Waals surface area (Å²) in [5.41, 5.74) is 0.944. The van der Waals surface area contributed by atoms with Crippen LogP contribution >= 0.6 is 0 Å². The third-order valence-electron chi connectivity index (χ3n) is 4.51. The number of benzene rings is 1. The Morgan fingerprint density at radius 1 is 1.20 bits per heavy atom. The second-order valence-corrected chi connectivity index (χ2v) is 6.13. The highest BCUT2D eigenvalue weighted by Gasteiger charge is 2.33. The first-order chi connectivity index (χ1) is 12.2. The fourth-order valence-electron chi connectivity index (χ4n) is 3.13. The van der Waals surface area contributed by atoms with E-state index in [9.17, 15) is 14.4 Å². The molecule has 1 heterocycles. The Balaban J connectivity index is 1.82. The minimum Gasteiger partial charge on any atom is -0.466 e. The highest BCUT2D eigenvalue weighted by molar-refractivity contribution is 5.76. The van der Waals surface area contributed by atoms with Crippen molar-refractivity contribution in [2.45, 2.75) is 32.8 Å². The first kappa shape index (κ1) is 19.0. The highest BCUT2D eigenvalue weighted by Crippen LogP contribution is 2.28. The first-order valence-electron chi connectivity index (χ1n) is 8.71. The maximum Gasteiger partial charge on any atom is 0.410 e. The van der Waals surface area contributed by atoms with E-state index in [1.807, 2.05) is 30.3 Å². The molecule has 1 atom stereocenters. The van der Waals surface area contributed by atoms with Crippen LogP contribution in [0, 0.1) is 11.8 Å². The van der Waals surface area contributed by atoms with Gasteiger partial charge in [0.15, 0.2) is 0 Å². The Bertz CT molecular complexity index is 566. The van der Waals surface area contributed by atoms with Crippen LogP contribution in [0.3, 0.4) is 0 Å². The van der Waals surface area contributed by atoms with E-state index in [1.54, 1.807) is 11.8 Å². The molecule has 0 aliphatic carbocycles. The summed E-state index contributed by atoms with van der Waals surface area (Å²) in [4.78, 5) is 36.7. The van der Waals surface area contributed by atoms with Gasteiger partial charge in [-0.25, -0.2) is 4.79 Å². The molecule has 0 saturated carbocycles. The average molecular weight is 347 g/mol. The minimum atomic E-state index is -0.417. The highest BCUT2D eigenvalue weighted by atomic mass is 16.6. The Kier molecular flexibility index (Phi) is 7.44. The summed E-state index contributed by atoms with van der Waals surface area (Å²) >= 11 is 0. The molecule has 25 heavy (non-hydrogen) atoms. The molecular formula is C19H25NO5. The number of carbonyl (C=O) groups is 3. The fourth-order valence-corrected chi connectivity index (χ4v) is 3.13. The molecule has 1 aromatic carbocycles. The van der Waals surface area contributed by atoms with Crippen LogP contribution in [-0.2, 0) is 25.7 Å². The third kappa shape index (κ3) is 5.59. The molecule has 136 valence electrons. The molecule has 1 unspecified atom stereocenters. The maximum atomic E-state index is 12.2. The van der Waals surface area contributed by atoms with Gasteiger partial charge in [0.25, 0.3) is 0 Å². The molecule has 1 saturated heterocycles. The molecule has 0 bridgehead atoms. The molecule has 1 aromatic rings. The summed E-state index contributed by atoms with van der Waals surface area (Å²) in [5, 5.41) is 0. The van der Waals surface area contributed by atoms with Gasteiger partial charge < -0.3 is 19.2 Å². The van der Waals surface area contributed by atoms with Gasteiger partial charge in [0, 0.05) is 19.5 Å². The third-order valence-corrected chi connectivity index (χ3v) is 4.51. The zero-order chi connectivity index (χ0) is 18.1. The van der Waals surface area contributed by atoms with Crippen molar-refractivity contribution < 1.29 is 23.9 Å². The Hall–Kier alpha value is -2.37. The van der Waals surface area contributed by atoms with Crippen molar-refractivity contribution in [3.63, 3.8) is 0 Å². The molecule has 1 amide bonds. The number of ether oxygens (including phenoxy) is 2. The molecule has 0 spiro atoms. The standard InChI is InChI=1S/C19H25NO5/c1-2-24-18(22)17(10-13-21)16-8-11-20(12-9-16)19(23)25-14-15-6-4-3-5-7-15/h3-7,13,16-17H,2,8-12,14H2,1H3. The van der Waals surface area contributed by atoms with Crippen LogP contribution in [0.25, 0.3) is 0 Å². The maximum absolute atomic E-state index is 12.2. The lowest BCUT2D eigenvalue weighted by atomic mass is 9.82. The largest absolute Gasteiger partial charge is 0.466 e. The number of carbonyl (C=O) groups excluding carboxylic acids is 3. The van der Waals surface area contributed by atoms with Crippen molar-refractivity contribution in [3.05, 3.63) is 35.9 Å². The zero-order valence-corrected chi connectivity index (χ0v) is 14.6. The number of hydrogen-bond donors (Lipinski definition) is 0. The van der Waals surface area contributed by atoms with Gasteiger partial charge in [-0.1, -0.05) is 30.3 Å². The molecule has 1 fully saturated rings. The van der Waals surface area contributed by atoms with Crippen LogP contribution in [0.15, 0.2) is 30.3 Å². The van der Waals surface area contributed by atoms with E-state index in [-0.39, 0.29) is 31.0 Å². The SMILES string of the molecule is CCOC(=O)C(CC=O)C1CCN(C(=O)OCc2ccccc2)CC1. The van der Waals surface area contributed by atoms with Crippen molar-refractivity contribution in [3.8, 4) is 0 Å². The summed E-state index contributed by atoms with van der Waals surface area (Å²) < 4.78 is 10.4. The van der Waals surface area contributed by atoms with Gasteiger partial charge in [-0.3, -0.25) is 4.79 Å². The van der Waals surface area contributed by atoms with E-state index in [2.05, 4.69) is 0 Å². The number of amides is 1. The minimum absolute atomic E-state index is 0.0578. The van der Waals surface area contributed by atoms with Gasteiger partial charge in [0.2, 0.25) is 0 Å². The van der Waals surface area contributed by atoms with Gasteiger partial charge >= 0.3 is 12.1 Å². The predicted molar refractivity (Wildman–Crippen MR) is 91.7 cm³/mol. The number of hydrogen-bond acceptors (Lipinski definition) is 5. The number of rotatable bonds is 7. The van der Waals surface area contributed by atoms with Crippen LogP contribution in [0.2, 0.25) is 0 Å². The Morgan fingerprint density at radius 2 is 1.88 bits per heavy atom. The van der Waals surface area contributed by atoms with E-state index in [0.717, 1.165) is 11.8 Å². The molecule has 0 aromatic heterocycles. The van der Waals surface area contributed by atoms with E-state index in [4.69, 9.17) is 9.47 Å². The second kappa shape index (κ2) is 9.81. The number of likely N-dealkylation sites (tertiary alicyclic amines) is 1. The smallest absolute Gasteiger partial charge is 0.410 e. The van der Waals surface area contributed by atoms with Gasteiger partial charge in [0.1, 0.15) is 12.9 Å². The van der Waals surface area contributed by atoms with Crippen molar-refractivity contribution in [2.75, 3.05) is 19.7 Å². The lowest BCUT2D eigenvalue weighted by Gasteiger charge is -2.34. The van der Waals surface area contributed by atoms with E-state index >= 15 is 0 Å². The molecule has 0 N–H and O–H groups in total. The van der Waals surface area contributed by atoms with Crippen LogP contribution in [0.5, 0.6) is 0 Å². The Labute approximate surface area is 148 Å². The van der Waals surface area contributed by atoms with E-state index in [0.29, 0.717) is 32.5 Å². The lowest BCUT2D eigenvalue weighted by molar-refractivity contribution is -0.151. The molecule has 0 radical (unpaired) electrons. The molecule has 2 rings (SSSR count). The van der Waals surface area contributed by atoms with Crippen molar-refractivity contribution in [1.29, 1.82) is 0 Å². The monoisotopic (exact) mass is 347 g/mol. The van der Waals surface area contributed by atoms with Crippen LogP contribution in [0.4, 0.5) is 4.79 Å². The Morgan fingerprint density at radius 3 is 2.48 bits per heavy atom. The first-order valence-corrected chi connectivity index (χ1v) is 8.71. The summed E-state index contributed by atoms with van der Waals surface area (Å²) in [5.74, 6) is -0.679. The molecular weight excluding hydrogens is 322 g/mol. The summed E-state index contributed by atoms with van der Waals surface area (Å²) in [7, 11) is 0. The number of nitrogens with zero attached hydrogens (tertiary/aromatic N) is 1. The van der Waals surface area contributed by atoms with Crippen LogP contribution in [-0.4, -0.2) is 42.9 Å². The predicted octanol–water partition coefficient (Wildman–Crippen LogP) is 2.80. The van der Waals surface area contributed by atoms with Gasteiger partial charge in [-0.05, 0) is 31.2 Å². The summed E-state index contributed by atoms with van der Waals surface area (Å²) in [6.07, 6.45) is 1.92. The second-order valence-electron chi connectivity index (χ2n) is 6.13. The lowest BCUT2D eigenvalue weighted by Crippen LogP contribution is -2.42. The number of esters is 1. The average Bonchev–Trinajstić information content (AvgIpc) is 2.65.